The van der Waals surface area contributed by atoms with Crippen LogP contribution in [0.3, 0.4) is 0 Å². The summed E-state index contributed by atoms with van der Waals surface area (Å²) in [7, 11) is 0. The summed E-state index contributed by atoms with van der Waals surface area (Å²) < 4.78 is 27.8. The van der Waals surface area contributed by atoms with E-state index >= 15 is 0 Å². The van der Waals surface area contributed by atoms with Gasteiger partial charge in [0, 0.05) is 44.0 Å². The van der Waals surface area contributed by atoms with Crippen LogP contribution in [0.15, 0.2) is 151 Å². The SMILES string of the molecule is Cc1cc(-c2cc3ccccc3o2)cc(C)c1N1c2cc(C(C)C)cc3c2B(c2oc4ccc(C(C)(C)C)cc4c21)c1oc2ccc(C(C)(C)C)cc2c1N3c1c(C)cc(-c2cc3ccccc3o2)cc1C. The van der Waals surface area contributed by atoms with Gasteiger partial charge >= 0.3 is 6.71 Å². The fourth-order valence-electron chi connectivity index (χ4n) is 11.9. The second kappa shape index (κ2) is 15.4. The lowest BCUT2D eigenvalue weighted by molar-refractivity contribution is 0.590. The molecule has 0 N–H and O–H groups in total. The number of furan rings is 4. The lowest BCUT2D eigenvalue weighted by Crippen LogP contribution is -2.60. The molecule has 4 aromatic heterocycles. The fraction of sp³-hybridized carbons (Fsp3) is 0.231. The molecule has 2 aliphatic rings. The molecule has 0 saturated carbocycles. The van der Waals surface area contributed by atoms with Gasteiger partial charge in [0.2, 0.25) is 0 Å². The van der Waals surface area contributed by atoms with E-state index in [1.54, 1.807) is 0 Å². The van der Waals surface area contributed by atoms with Crippen molar-refractivity contribution in [3.8, 4) is 22.6 Å². The largest absolute Gasteiger partial charge is 0.468 e. The van der Waals surface area contributed by atoms with Crippen LogP contribution in [0.2, 0.25) is 0 Å². The predicted octanol–water partition coefficient (Wildman–Crippen LogP) is 17.0. The lowest BCUT2D eigenvalue weighted by atomic mass is 9.37. The van der Waals surface area contributed by atoms with E-state index in [-0.39, 0.29) is 23.5 Å². The van der Waals surface area contributed by atoms with E-state index in [0.717, 1.165) is 140 Å². The number of hydrogen-bond donors (Lipinski definition) is 0. The van der Waals surface area contributed by atoms with E-state index in [9.17, 15) is 0 Å². The number of fused-ring (bicyclic) bond motifs is 10. The molecule has 72 heavy (non-hydrogen) atoms. The molecule has 0 spiro atoms. The van der Waals surface area contributed by atoms with Crippen LogP contribution in [-0.2, 0) is 10.8 Å². The van der Waals surface area contributed by atoms with E-state index in [0.29, 0.717) is 0 Å². The van der Waals surface area contributed by atoms with Crippen molar-refractivity contribution in [2.24, 2.45) is 0 Å². The Balaban J connectivity index is 1.13. The minimum atomic E-state index is -0.351. The van der Waals surface area contributed by atoms with E-state index in [1.165, 1.54) is 16.7 Å². The van der Waals surface area contributed by atoms with Crippen LogP contribution in [-0.4, -0.2) is 6.71 Å². The van der Waals surface area contributed by atoms with Crippen LogP contribution < -0.4 is 26.6 Å². The molecule has 0 radical (unpaired) electrons. The highest BCUT2D eigenvalue weighted by Gasteiger charge is 2.51. The number of aryl methyl sites for hydroxylation is 4. The highest BCUT2D eigenvalue weighted by atomic mass is 16.4. The Morgan fingerprint density at radius 2 is 0.833 bits per heavy atom. The third-order valence-electron chi connectivity index (χ3n) is 15.5. The molecule has 0 fully saturated rings. The summed E-state index contributed by atoms with van der Waals surface area (Å²) in [5.41, 5.74) is 23.2. The monoisotopic (exact) mass is 942 g/mol. The minimum absolute atomic E-state index is 0.0918. The highest BCUT2D eigenvalue weighted by molar-refractivity contribution is 6.99. The maximum absolute atomic E-state index is 7.41. The molecule has 356 valence electrons. The van der Waals surface area contributed by atoms with Crippen LogP contribution in [0, 0.1) is 27.7 Å². The van der Waals surface area contributed by atoms with Crippen molar-refractivity contribution in [2.75, 3.05) is 9.80 Å². The smallest absolute Gasteiger partial charge is 0.342 e. The number of benzene rings is 7. The first-order chi connectivity index (χ1) is 34.4. The summed E-state index contributed by atoms with van der Waals surface area (Å²) in [4.78, 5) is 5.08. The zero-order valence-electron chi connectivity index (χ0n) is 43.4. The predicted molar refractivity (Wildman–Crippen MR) is 301 cm³/mol. The summed E-state index contributed by atoms with van der Waals surface area (Å²) in [5, 5.41) is 4.36. The Morgan fingerprint density at radius 3 is 1.21 bits per heavy atom. The number of rotatable bonds is 5. The first kappa shape index (κ1) is 44.3. The van der Waals surface area contributed by atoms with Crippen LogP contribution in [0.1, 0.15) is 100 Å². The van der Waals surface area contributed by atoms with Gasteiger partial charge in [0.1, 0.15) is 45.2 Å². The quantitative estimate of drug-likeness (QED) is 0.160. The third kappa shape index (κ3) is 6.62. The molecule has 0 unspecified atom stereocenters. The van der Waals surface area contributed by atoms with Gasteiger partial charge in [-0.15, -0.1) is 0 Å². The summed E-state index contributed by atoms with van der Waals surface area (Å²) >= 11 is 0. The normalized spacial score (nSPS) is 13.6. The molecule has 2 aliphatic heterocycles. The van der Waals surface area contributed by atoms with Crippen molar-refractivity contribution in [1.29, 1.82) is 0 Å². The molecular formula is C65H59BN2O4. The van der Waals surface area contributed by atoms with E-state index in [2.05, 4.69) is 202 Å². The van der Waals surface area contributed by atoms with Gasteiger partial charge in [0.25, 0.3) is 0 Å². The van der Waals surface area contributed by atoms with Crippen molar-refractivity contribution in [3.05, 3.63) is 172 Å². The molecular weight excluding hydrogens is 884 g/mol. The summed E-state index contributed by atoms with van der Waals surface area (Å²) in [6.07, 6.45) is 0. The van der Waals surface area contributed by atoms with E-state index in [1.807, 2.05) is 24.3 Å². The zero-order chi connectivity index (χ0) is 49.9. The van der Waals surface area contributed by atoms with E-state index in [4.69, 9.17) is 17.7 Å². The first-order valence-electron chi connectivity index (χ1n) is 25.5. The number of nitrogens with zero attached hydrogens (tertiary/aromatic N) is 2. The summed E-state index contributed by atoms with van der Waals surface area (Å²) in [6, 6.07) is 48.4. The first-order valence-corrected chi connectivity index (χ1v) is 25.5. The Hall–Kier alpha value is -7.64. The van der Waals surface area contributed by atoms with Gasteiger partial charge in [-0.2, -0.15) is 0 Å². The second-order valence-corrected chi connectivity index (χ2v) is 23.0. The maximum Gasteiger partial charge on any atom is 0.342 e. The molecule has 13 rings (SSSR count). The minimum Gasteiger partial charge on any atom is -0.468 e. The van der Waals surface area contributed by atoms with Crippen LogP contribution >= 0.6 is 0 Å². The molecule has 0 atom stereocenters. The van der Waals surface area contributed by atoms with Gasteiger partial charge in [0.05, 0.1) is 22.7 Å². The van der Waals surface area contributed by atoms with Crippen molar-refractivity contribution in [2.45, 2.75) is 99.8 Å². The average molecular weight is 943 g/mol. The topological polar surface area (TPSA) is 59.0 Å². The van der Waals surface area contributed by atoms with Gasteiger partial charge in [-0.3, -0.25) is 0 Å². The highest BCUT2D eigenvalue weighted by Crippen LogP contribution is 2.53. The zero-order valence-corrected chi connectivity index (χ0v) is 43.4. The fourth-order valence-corrected chi connectivity index (χ4v) is 11.9. The standard InChI is InChI=1S/C65H59BN2O4/c1-35(2)42-29-49-57-50(30-42)68(59-38(5)27-44(28-39(59)6)56-32-41-18-14-16-20-52(41)70-56)61-48-34-46(65(10,11)12)22-24-54(48)72-63(61)66(57)62-60(47-33-45(64(7,8)9)21-23-53(47)71-62)67(49)58-36(3)25-43(26-37(58)4)55-31-40-17-13-15-19-51(40)69-55/h13-35H,1-12H3. The molecule has 0 saturated heterocycles. The molecule has 6 heterocycles. The Bertz CT molecular complexity index is 3700. The van der Waals surface area contributed by atoms with Crippen molar-refractivity contribution in [1.82, 2.24) is 0 Å². The molecule has 7 aromatic carbocycles. The molecule has 7 heteroatoms. The number of para-hydroxylation sites is 2. The molecule has 6 nitrogen and oxygen atoms in total. The van der Waals surface area contributed by atoms with Crippen LogP contribution in [0.5, 0.6) is 0 Å². The third-order valence-corrected chi connectivity index (χ3v) is 15.5. The Kier molecular flexibility index (Phi) is 9.50. The van der Waals surface area contributed by atoms with Gasteiger partial charge in [-0.05, 0) is 174 Å². The van der Waals surface area contributed by atoms with Crippen molar-refractivity contribution < 1.29 is 17.7 Å². The van der Waals surface area contributed by atoms with Crippen molar-refractivity contribution in [3.63, 3.8) is 0 Å². The molecule has 11 aromatic rings. The van der Waals surface area contributed by atoms with Crippen molar-refractivity contribution >= 4 is 101 Å². The second-order valence-electron chi connectivity index (χ2n) is 23.0. The molecule has 0 bridgehead atoms. The van der Waals surface area contributed by atoms with Crippen LogP contribution in [0.25, 0.3) is 66.5 Å². The van der Waals surface area contributed by atoms with Gasteiger partial charge in [-0.1, -0.05) is 104 Å². The Labute approximate surface area is 421 Å². The summed E-state index contributed by atoms with van der Waals surface area (Å²) in [5.74, 6) is 1.93. The number of hydrogen-bond acceptors (Lipinski definition) is 6. The van der Waals surface area contributed by atoms with Gasteiger partial charge in [-0.25, -0.2) is 0 Å². The maximum atomic E-state index is 7.41. The molecule has 0 amide bonds. The average Bonchev–Trinajstić information content (AvgIpc) is 4.14. The Morgan fingerprint density at radius 1 is 0.431 bits per heavy atom. The molecule has 0 aliphatic carbocycles. The summed E-state index contributed by atoms with van der Waals surface area (Å²) in [6.45, 7) is 27.0. The van der Waals surface area contributed by atoms with Gasteiger partial charge < -0.3 is 27.5 Å². The van der Waals surface area contributed by atoms with Crippen LogP contribution in [0.4, 0.5) is 34.1 Å². The van der Waals surface area contributed by atoms with Gasteiger partial charge in [0.15, 0.2) is 0 Å². The number of anilines is 6. The lowest BCUT2D eigenvalue weighted by Gasteiger charge is -2.42. The van der Waals surface area contributed by atoms with E-state index < -0.39 is 0 Å².